The number of esters is 2. The van der Waals surface area contributed by atoms with Gasteiger partial charge in [0.15, 0.2) is 0 Å². The maximum atomic E-state index is 12.1. The van der Waals surface area contributed by atoms with Gasteiger partial charge in [-0.1, -0.05) is 36.4 Å². The molecule has 2 aliphatic rings. The van der Waals surface area contributed by atoms with Crippen molar-refractivity contribution in [2.75, 3.05) is 14.2 Å². The number of cyclic esters (lactones) is 2. The third-order valence-corrected chi connectivity index (χ3v) is 6.10. The van der Waals surface area contributed by atoms with Crippen LogP contribution in [-0.4, -0.2) is 31.3 Å². The first-order valence-electron chi connectivity index (χ1n) is 7.90. The summed E-state index contributed by atoms with van der Waals surface area (Å²) >= 11 is 0. The first-order valence-corrected chi connectivity index (χ1v) is 9.51. The van der Waals surface area contributed by atoms with Gasteiger partial charge in [-0.15, -0.1) is 0 Å². The standard InChI is InChI=1S/C10H11O5P.C8H6O3/c1-13-16(12,14-2)10-8-6-4-3-5-7(8)9(11)15-10;9-7-5-3-1-2-4-6(5)8(10)11-7/h3-6,10H,1-2H3;1-4,7,9H. The molecule has 2 atom stereocenters. The van der Waals surface area contributed by atoms with Gasteiger partial charge in [-0.3, -0.25) is 4.57 Å². The zero-order chi connectivity index (χ0) is 19.6. The number of aliphatic hydroxyl groups excluding tert-OH is 1. The van der Waals surface area contributed by atoms with Crippen LogP contribution in [0.2, 0.25) is 0 Å². The van der Waals surface area contributed by atoms with E-state index in [4.69, 9.17) is 18.9 Å². The fourth-order valence-corrected chi connectivity index (χ4v) is 4.08. The van der Waals surface area contributed by atoms with Crippen LogP contribution in [0, 0.1) is 0 Å². The Kier molecular flexibility index (Phi) is 5.43. The number of carbonyl (C=O) groups excluding carboxylic acids is 2. The van der Waals surface area contributed by atoms with Crippen LogP contribution in [0.15, 0.2) is 48.5 Å². The van der Waals surface area contributed by atoms with Gasteiger partial charge in [-0.25, -0.2) is 9.59 Å². The van der Waals surface area contributed by atoms with Gasteiger partial charge in [0.2, 0.25) is 12.1 Å². The lowest BCUT2D eigenvalue weighted by atomic mass is 10.1. The lowest BCUT2D eigenvalue weighted by Crippen LogP contribution is -2.03. The van der Waals surface area contributed by atoms with Crippen LogP contribution in [0.3, 0.4) is 0 Å². The summed E-state index contributed by atoms with van der Waals surface area (Å²) in [6.45, 7) is 0. The van der Waals surface area contributed by atoms with E-state index in [0.29, 0.717) is 22.3 Å². The number of carbonyl (C=O) groups is 2. The summed E-state index contributed by atoms with van der Waals surface area (Å²) in [5, 5.41) is 9.11. The number of aliphatic hydroxyl groups is 1. The quantitative estimate of drug-likeness (QED) is 0.627. The largest absolute Gasteiger partial charge is 0.441 e. The Balaban J connectivity index is 0.000000166. The SMILES string of the molecule is COP(=O)(OC)C1OC(=O)c2ccccc21.O=C1OC(O)c2ccccc21. The van der Waals surface area contributed by atoms with Crippen molar-refractivity contribution in [2.24, 2.45) is 0 Å². The Hall–Kier alpha value is -2.51. The van der Waals surface area contributed by atoms with Crippen LogP contribution in [0.1, 0.15) is 44.0 Å². The summed E-state index contributed by atoms with van der Waals surface area (Å²) in [4.78, 5) is 22.4. The minimum Gasteiger partial charge on any atom is -0.441 e. The van der Waals surface area contributed by atoms with Gasteiger partial charge < -0.3 is 23.6 Å². The van der Waals surface area contributed by atoms with Crippen LogP contribution < -0.4 is 0 Å². The second kappa shape index (κ2) is 7.62. The van der Waals surface area contributed by atoms with Crippen molar-refractivity contribution < 1.29 is 37.8 Å². The highest BCUT2D eigenvalue weighted by Crippen LogP contribution is 2.62. The normalized spacial score (nSPS) is 20.1. The second-order valence-electron chi connectivity index (χ2n) is 5.59. The maximum absolute atomic E-state index is 12.1. The molecule has 0 saturated carbocycles. The molecule has 27 heavy (non-hydrogen) atoms. The minimum atomic E-state index is -3.44. The molecule has 0 fully saturated rings. The average Bonchev–Trinajstić information content (AvgIpc) is 3.19. The number of hydrogen-bond acceptors (Lipinski definition) is 8. The maximum Gasteiger partial charge on any atom is 0.375 e. The summed E-state index contributed by atoms with van der Waals surface area (Å²) in [7, 11) is -0.916. The molecule has 0 saturated heterocycles. The van der Waals surface area contributed by atoms with E-state index in [1.807, 2.05) is 0 Å². The van der Waals surface area contributed by atoms with Gasteiger partial charge in [-0.2, -0.15) is 0 Å². The Morgan fingerprint density at radius 3 is 1.89 bits per heavy atom. The Bertz CT molecular complexity index is 917. The molecule has 9 heteroatoms. The molecule has 142 valence electrons. The molecule has 0 radical (unpaired) electrons. The Morgan fingerprint density at radius 1 is 0.852 bits per heavy atom. The molecule has 2 aromatic rings. The third kappa shape index (κ3) is 3.52. The van der Waals surface area contributed by atoms with Crippen molar-refractivity contribution in [3.8, 4) is 0 Å². The van der Waals surface area contributed by atoms with Gasteiger partial charge in [0.1, 0.15) is 0 Å². The fourth-order valence-electron chi connectivity index (χ4n) is 2.75. The van der Waals surface area contributed by atoms with E-state index < -0.39 is 31.7 Å². The summed E-state index contributed by atoms with van der Waals surface area (Å²) < 4.78 is 31.4. The average molecular weight is 392 g/mol. The van der Waals surface area contributed by atoms with Gasteiger partial charge in [0.05, 0.1) is 11.1 Å². The zero-order valence-electron chi connectivity index (χ0n) is 14.5. The molecule has 2 heterocycles. The number of ether oxygens (including phenoxy) is 2. The van der Waals surface area contributed by atoms with Crippen molar-refractivity contribution in [3.63, 3.8) is 0 Å². The van der Waals surface area contributed by atoms with E-state index >= 15 is 0 Å². The lowest BCUT2D eigenvalue weighted by Gasteiger charge is -2.19. The molecule has 2 aromatic carbocycles. The molecule has 2 aliphatic heterocycles. The van der Waals surface area contributed by atoms with Crippen LogP contribution in [-0.2, 0) is 23.1 Å². The van der Waals surface area contributed by atoms with Gasteiger partial charge in [0, 0.05) is 25.3 Å². The van der Waals surface area contributed by atoms with Crippen molar-refractivity contribution in [1.29, 1.82) is 0 Å². The molecular formula is C18H17O8P. The molecule has 0 spiro atoms. The predicted octanol–water partition coefficient (Wildman–Crippen LogP) is 3.19. The Morgan fingerprint density at radius 2 is 1.33 bits per heavy atom. The molecule has 2 unspecified atom stereocenters. The number of hydrogen-bond donors (Lipinski definition) is 1. The Labute approximate surface area is 155 Å². The highest BCUT2D eigenvalue weighted by atomic mass is 31.2. The number of fused-ring (bicyclic) bond motifs is 2. The van der Waals surface area contributed by atoms with Crippen molar-refractivity contribution >= 4 is 19.5 Å². The first-order chi connectivity index (χ1) is 12.9. The van der Waals surface area contributed by atoms with Crippen molar-refractivity contribution in [3.05, 3.63) is 70.8 Å². The summed E-state index contributed by atoms with van der Waals surface area (Å²) in [6, 6.07) is 13.5. The lowest BCUT2D eigenvalue weighted by molar-refractivity contribution is -0.0547. The van der Waals surface area contributed by atoms with Gasteiger partial charge in [0.25, 0.3) is 0 Å². The van der Waals surface area contributed by atoms with E-state index in [2.05, 4.69) is 4.74 Å². The number of rotatable bonds is 3. The van der Waals surface area contributed by atoms with Crippen molar-refractivity contribution in [2.45, 2.75) is 12.1 Å². The first kappa shape index (κ1) is 19.3. The van der Waals surface area contributed by atoms with Gasteiger partial charge >= 0.3 is 19.5 Å². The molecular weight excluding hydrogens is 375 g/mol. The summed E-state index contributed by atoms with van der Waals surface area (Å²) in [5.41, 5.74) is 1.96. The molecule has 1 N–H and O–H groups in total. The number of benzene rings is 2. The van der Waals surface area contributed by atoms with Crippen LogP contribution in [0.5, 0.6) is 0 Å². The van der Waals surface area contributed by atoms with E-state index in [0.717, 1.165) is 0 Å². The third-order valence-electron chi connectivity index (χ3n) is 4.13. The van der Waals surface area contributed by atoms with Crippen LogP contribution in [0.25, 0.3) is 0 Å². The molecule has 8 nitrogen and oxygen atoms in total. The molecule has 0 amide bonds. The molecule has 0 aromatic heterocycles. The summed E-state index contributed by atoms with van der Waals surface area (Å²) in [5.74, 6) is -1.92. The highest BCUT2D eigenvalue weighted by molar-refractivity contribution is 7.54. The van der Waals surface area contributed by atoms with Crippen molar-refractivity contribution in [1.82, 2.24) is 0 Å². The monoisotopic (exact) mass is 392 g/mol. The molecule has 0 aliphatic carbocycles. The van der Waals surface area contributed by atoms with Crippen LogP contribution >= 0.6 is 7.60 Å². The molecule has 4 rings (SSSR count). The topological polar surface area (TPSA) is 108 Å². The van der Waals surface area contributed by atoms with Gasteiger partial charge in [-0.05, 0) is 12.1 Å². The van der Waals surface area contributed by atoms with E-state index in [1.54, 1.807) is 48.5 Å². The minimum absolute atomic E-state index is 0.404. The smallest absolute Gasteiger partial charge is 0.375 e. The fraction of sp³-hybridized carbons (Fsp3) is 0.222. The van der Waals surface area contributed by atoms with E-state index in [1.165, 1.54) is 14.2 Å². The second-order valence-corrected chi connectivity index (χ2v) is 7.87. The zero-order valence-corrected chi connectivity index (χ0v) is 15.4. The van der Waals surface area contributed by atoms with Crippen LogP contribution in [0.4, 0.5) is 0 Å². The predicted molar refractivity (Wildman–Crippen MR) is 93.0 cm³/mol. The summed E-state index contributed by atoms with van der Waals surface area (Å²) in [6.07, 6.45) is -1.07. The van der Waals surface area contributed by atoms with E-state index in [9.17, 15) is 14.2 Å². The van der Waals surface area contributed by atoms with E-state index in [-0.39, 0.29) is 0 Å². The highest BCUT2D eigenvalue weighted by Gasteiger charge is 2.45. The molecule has 0 bridgehead atoms.